The van der Waals surface area contributed by atoms with Crippen molar-refractivity contribution in [2.24, 2.45) is 5.41 Å². The predicted molar refractivity (Wildman–Crippen MR) is 76.1 cm³/mol. The number of hydrogen-bond acceptors (Lipinski definition) is 4. The molecule has 0 amide bonds. The summed E-state index contributed by atoms with van der Waals surface area (Å²) in [6, 6.07) is 7.23. The number of carboxylic acid groups (broad SMARTS) is 1. The van der Waals surface area contributed by atoms with E-state index in [1.54, 1.807) is 12.1 Å². The molecule has 0 saturated heterocycles. The van der Waals surface area contributed by atoms with Crippen molar-refractivity contribution in [2.75, 3.05) is 6.61 Å². The lowest BCUT2D eigenvalue weighted by Crippen LogP contribution is -2.13. The van der Waals surface area contributed by atoms with Gasteiger partial charge in [0.25, 0.3) is 0 Å². The van der Waals surface area contributed by atoms with Crippen LogP contribution >= 0.6 is 0 Å². The molecule has 0 radical (unpaired) electrons. The van der Waals surface area contributed by atoms with E-state index in [-0.39, 0.29) is 11.2 Å². The Morgan fingerprint density at radius 3 is 2.60 bits per heavy atom. The van der Waals surface area contributed by atoms with Gasteiger partial charge in [-0.3, -0.25) is 0 Å². The second-order valence-electron chi connectivity index (χ2n) is 5.83. The number of hydrogen-bond donors (Lipinski definition) is 1. The number of fused-ring (bicyclic) bond motifs is 1. The Balaban J connectivity index is 2.32. The predicted octanol–water partition coefficient (Wildman–Crippen LogP) is 3.14. The normalized spacial score (nSPS) is 11.6. The van der Waals surface area contributed by atoms with E-state index in [4.69, 9.17) is 9.84 Å². The van der Waals surface area contributed by atoms with E-state index in [1.807, 2.05) is 12.1 Å². The van der Waals surface area contributed by atoms with Crippen molar-refractivity contribution in [3.8, 4) is 5.88 Å². The first kappa shape index (κ1) is 14.2. The molecule has 1 heterocycles. The number of rotatable bonds is 4. The fourth-order valence-corrected chi connectivity index (χ4v) is 1.71. The zero-order chi connectivity index (χ0) is 14.8. The first-order chi connectivity index (χ1) is 9.37. The van der Waals surface area contributed by atoms with Crippen molar-refractivity contribution < 1.29 is 14.6 Å². The molecule has 5 nitrogen and oxygen atoms in total. The molecule has 20 heavy (non-hydrogen) atoms. The molecule has 5 heteroatoms. The van der Waals surface area contributed by atoms with Gasteiger partial charge < -0.3 is 9.84 Å². The third-order valence-corrected chi connectivity index (χ3v) is 2.85. The number of benzene rings is 1. The fraction of sp³-hybridized carbons (Fsp3) is 0.400. The number of aromatic carboxylic acids is 1. The highest BCUT2D eigenvalue weighted by Crippen LogP contribution is 2.24. The van der Waals surface area contributed by atoms with Crippen LogP contribution in [-0.4, -0.2) is 27.7 Å². The number of carboxylic acids is 1. The fourth-order valence-electron chi connectivity index (χ4n) is 1.71. The summed E-state index contributed by atoms with van der Waals surface area (Å²) in [7, 11) is 0. The molecule has 1 aromatic carbocycles. The number of carbonyl (C=O) groups is 1. The minimum atomic E-state index is -1.16. The molecule has 2 rings (SSSR count). The number of para-hydroxylation sites is 1. The smallest absolute Gasteiger partial charge is 0.374 e. The topological polar surface area (TPSA) is 72.3 Å². The van der Waals surface area contributed by atoms with Gasteiger partial charge in [-0.15, -0.1) is 0 Å². The van der Waals surface area contributed by atoms with Crippen LogP contribution in [0.25, 0.3) is 10.9 Å². The monoisotopic (exact) mass is 274 g/mol. The average molecular weight is 274 g/mol. The Morgan fingerprint density at radius 2 is 1.95 bits per heavy atom. The molecule has 0 aliphatic heterocycles. The summed E-state index contributed by atoms with van der Waals surface area (Å²) in [5.74, 6) is -1.07. The van der Waals surface area contributed by atoms with Crippen molar-refractivity contribution >= 4 is 16.9 Å². The highest BCUT2D eigenvalue weighted by molar-refractivity contribution is 5.89. The third-order valence-electron chi connectivity index (χ3n) is 2.85. The van der Waals surface area contributed by atoms with Crippen molar-refractivity contribution in [1.82, 2.24) is 9.97 Å². The average Bonchev–Trinajstić information content (AvgIpc) is 2.36. The molecule has 0 atom stereocenters. The van der Waals surface area contributed by atoms with Gasteiger partial charge in [-0.25, -0.2) is 9.78 Å². The molecule has 106 valence electrons. The lowest BCUT2D eigenvalue weighted by molar-refractivity contribution is 0.0682. The van der Waals surface area contributed by atoms with E-state index in [0.717, 1.165) is 11.8 Å². The standard InChI is InChI=1S/C15H18N2O3/c1-15(2,3)8-9-20-13-10-6-4-5-7-11(10)16-12(17-13)14(18)19/h4-7H,8-9H2,1-3H3,(H,18,19). The van der Waals surface area contributed by atoms with Gasteiger partial charge in [0.1, 0.15) is 0 Å². The first-order valence-corrected chi connectivity index (χ1v) is 6.50. The second kappa shape index (κ2) is 5.45. The summed E-state index contributed by atoms with van der Waals surface area (Å²) in [4.78, 5) is 19.0. The van der Waals surface area contributed by atoms with E-state index in [1.165, 1.54) is 0 Å². The van der Waals surface area contributed by atoms with Crippen LogP contribution < -0.4 is 4.74 Å². The summed E-state index contributed by atoms with van der Waals surface area (Å²) in [6.45, 7) is 6.86. The highest BCUT2D eigenvalue weighted by atomic mass is 16.5. The van der Waals surface area contributed by atoms with E-state index >= 15 is 0 Å². The van der Waals surface area contributed by atoms with Crippen LogP contribution in [0.15, 0.2) is 24.3 Å². The maximum Gasteiger partial charge on any atom is 0.374 e. The molecule has 0 fully saturated rings. The van der Waals surface area contributed by atoms with Gasteiger partial charge >= 0.3 is 5.97 Å². The molecule has 0 aliphatic rings. The quantitative estimate of drug-likeness (QED) is 0.927. The first-order valence-electron chi connectivity index (χ1n) is 6.50. The molecule has 0 spiro atoms. The zero-order valence-electron chi connectivity index (χ0n) is 11.9. The maximum atomic E-state index is 11.0. The Morgan fingerprint density at radius 1 is 1.25 bits per heavy atom. The van der Waals surface area contributed by atoms with E-state index in [9.17, 15) is 4.79 Å². The van der Waals surface area contributed by atoms with Crippen molar-refractivity contribution in [3.63, 3.8) is 0 Å². The minimum Gasteiger partial charge on any atom is -0.477 e. The Bertz CT molecular complexity index is 633. The van der Waals surface area contributed by atoms with Crippen LogP contribution in [0, 0.1) is 5.41 Å². The molecular weight excluding hydrogens is 256 g/mol. The van der Waals surface area contributed by atoms with Gasteiger partial charge in [-0.2, -0.15) is 4.98 Å². The van der Waals surface area contributed by atoms with Crippen LogP contribution in [0.4, 0.5) is 0 Å². The molecule has 0 bridgehead atoms. The van der Waals surface area contributed by atoms with Crippen LogP contribution in [0.3, 0.4) is 0 Å². The van der Waals surface area contributed by atoms with E-state index < -0.39 is 5.97 Å². The molecule has 0 saturated carbocycles. The van der Waals surface area contributed by atoms with Gasteiger partial charge in [0, 0.05) is 0 Å². The van der Waals surface area contributed by atoms with Gasteiger partial charge in [0.2, 0.25) is 11.7 Å². The third kappa shape index (κ3) is 3.44. The minimum absolute atomic E-state index is 0.151. The molecule has 0 aliphatic carbocycles. The summed E-state index contributed by atoms with van der Waals surface area (Å²) in [5, 5.41) is 9.77. The van der Waals surface area contributed by atoms with Crippen LogP contribution in [-0.2, 0) is 0 Å². The molecule has 0 unspecified atom stereocenters. The van der Waals surface area contributed by atoms with Crippen LogP contribution in [0.2, 0.25) is 0 Å². The van der Waals surface area contributed by atoms with Gasteiger partial charge in [-0.05, 0) is 24.0 Å². The molecule has 2 aromatic rings. The summed E-state index contributed by atoms with van der Waals surface area (Å²) < 4.78 is 5.67. The van der Waals surface area contributed by atoms with E-state index in [2.05, 4.69) is 30.7 Å². The number of aromatic nitrogens is 2. The summed E-state index contributed by atoms with van der Waals surface area (Å²) in [5.41, 5.74) is 0.726. The largest absolute Gasteiger partial charge is 0.477 e. The van der Waals surface area contributed by atoms with Crippen molar-refractivity contribution in [2.45, 2.75) is 27.2 Å². The van der Waals surface area contributed by atoms with Crippen molar-refractivity contribution in [1.29, 1.82) is 0 Å². The second-order valence-corrected chi connectivity index (χ2v) is 5.83. The molecular formula is C15H18N2O3. The Kier molecular flexibility index (Phi) is 3.88. The van der Waals surface area contributed by atoms with Crippen LogP contribution in [0.1, 0.15) is 37.8 Å². The number of nitrogens with zero attached hydrogens (tertiary/aromatic N) is 2. The lowest BCUT2D eigenvalue weighted by Gasteiger charge is -2.18. The molecule has 1 aromatic heterocycles. The number of ether oxygens (including phenoxy) is 1. The van der Waals surface area contributed by atoms with Gasteiger partial charge in [-0.1, -0.05) is 32.9 Å². The summed E-state index contributed by atoms with van der Waals surface area (Å²) in [6.07, 6.45) is 0.855. The van der Waals surface area contributed by atoms with E-state index in [0.29, 0.717) is 18.0 Å². The van der Waals surface area contributed by atoms with Crippen molar-refractivity contribution in [3.05, 3.63) is 30.1 Å². The summed E-state index contributed by atoms with van der Waals surface area (Å²) >= 11 is 0. The van der Waals surface area contributed by atoms with Gasteiger partial charge in [0.05, 0.1) is 17.5 Å². The molecule has 1 N–H and O–H groups in total. The highest BCUT2D eigenvalue weighted by Gasteiger charge is 2.15. The maximum absolute atomic E-state index is 11.0. The van der Waals surface area contributed by atoms with Gasteiger partial charge in [0.15, 0.2) is 0 Å². The Hall–Kier alpha value is -2.17. The zero-order valence-corrected chi connectivity index (χ0v) is 11.9. The SMILES string of the molecule is CC(C)(C)CCOc1nc(C(=O)O)nc2ccccc12. The lowest BCUT2D eigenvalue weighted by atomic mass is 9.93. The van der Waals surface area contributed by atoms with Crippen LogP contribution in [0.5, 0.6) is 5.88 Å². The Labute approximate surface area is 117 Å².